The number of benzene rings is 1. The van der Waals surface area contributed by atoms with Gasteiger partial charge >= 0.3 is 0 Å². The first-order valence-electron chi connectivity index (χ1n) is 3.97. The van der Waals surface area contributed by atoms with Gasteiger partial charge in [-0.15, -0.1) is 11.3 Å². The zero-order chi connectivity index (χ0) is 9.26. The lowest BCUT2D eigenvalue weighted by molar-refractivity contribution is 0.475. The number of aromatic hydroxyl groups is 1. The minimum absolute atomic E-state index is 0.289. The minimum Gasteiger partial charge on any atom is -0.508 e. The molecule has 0 aliphatic heterocycles. The SMILES string of the molecule is Cc1csc(-c2ccc(O)cc2)n1. The summed E-state index contributed by atoms with van der Waals surface area (Å²) in [5.74, 6) is 0.289. The lowest BCUT2D eigenvalue weighted by atomic mass is 10.2. The maximum Gasteiger partial charge on any atom is 0.123 e. The first-order chi connectivity index (χ1) is 6.25. The maximum absolute atomic E-state index is 9.09. The zero-order valence-corrected chi connectivity index (χ0v) is 8.01. The summed E-state index contributed by atoms with van der Waals surface area (Å²) in [7, 11) is 0. The number of phenolic OH excluding ortho intramolecular Hbond substituents is 1. The van der Waals surface area contributed by atoms with Gasteiger partial charge < -0.3 is 5.11 Å². The van der Waals surface area contributed by atoms with Gasteiger partial charge in [0.2, 0.25) is 0 Å². The molecule has 0 saturated carbocycles. The summed E-state index contributed by atoms with van der Waals surface area (Å²) >= 11 is 1.62. The molecule has 2 nitrogen and oxygen atoms in total. The quantitative estimate of drug-likeness (QED) is 0.751. The summed E-state index contributed by atoms with van der Waals surface area (Å²) in [6.07, 6.45) is 0. The van der Waals surface area contributed by atoms with E-state index in [1.54, 1.807) is 23.5 Å². The standard InChI is InChI=1S/C10H9NOS/c1-7-6-13-10(11-7)8-2-4-9(12)5-3-8/h2-6,12H,1H3. The van der Waals surface area contributed by atoms with E-state index < -0.39 is 0 Å². The third-order valence-electron chi connectivity index (χ3n) is 1.73. The molecule has 0 fully saturated rings. The number of phenols is 1. The average Bonchev–Trinajstić information content (AvgIpc) is 2.53. The van der Waals surface area contributed by atoms with Crippen molar-refractivity contribution >= 4 is 11.3 Å². The highest BCUT2D eigenvalue weighted by atomic mass is 32.1. The normalized spacial score (nSPS) is 10.2. The Hall–Kier alpha value is -1.35. The zero-order valence-electron chi connectivity index (χ0n) is 7.19. The molecule has 0 aliphatic carbocycles. The molecule has 0 aliphatic rings. The number of nitrogens with zero attached hydrogens (tertiary/aromatic N) is 1. The molecule has 1 heterocycles. The van der Waals surface area contributed by atoms with Gasteiger partial charge in [-0.2, -0.15) is 0 Å². The fourth-order valence-corrected chi connectivity index (χ4v) is 1.89. The minimum atomic E-state index is 0.289. The fourth-order valence-electron chi connectivity index (χ4n) is 1.09. The molecule has 1 N–H and O–H groups in total. The van der Waals surface area contributed by atoms with Gasteiger partial charge in [-0.1, -0.05) is 0 Å². The van der Waals surface area contributed by atoms with Crippen molar-refractivity contribution in [3.8, 4) is 16.3 Å². The highest BCUT2D eigenvalue weighted by molar-refractivity contribution is 7.13. The molecule has 0 unspecified atom stereocenters. The van der Waals surface area contributed by atoms with Crippen molar-refractivity contribution in [2.75, 3.05) is 0 Å². The van der Waals surface area contributed by atoms with Gasteiger partial charge in [0, 0.05) is 16.6 Å². The van der Waals surface area contributed by atoms with E-state index in [0.29, 0.717) is 0 Å². The predicted molar refractivity (Wildman–Crippen MR) is 54.0 cm³/mol. The number of hydrogen-bond donors (Lipinski definition) is 1. The van der Waals surface area contributed by atoms with E-state index in [2.05, 4.69) is 4.98 Å². The molecule has 2 aromatic rings. The van der Waals surface area contributed by atoms with Crippen LogP contribution < -0.4 is 0 Å². The van der Waals surface area contributed by atoms with Crippen molar-refractivity contribution in [1.82, 2.24) is 4.98 Å². The maximum atomic E-state index is 9.09. The van der Waals surface area contributed by atoms with Gasteiger partial charge in [0.05, 0.1) is 0 Å². The van der Waals surface area contributed by atoms with Crippen molar-refractivity contribution in [2.45, 2.75) is 6.92 Å². The second-order valence-corrected chi connectivity index (χ2v) is 3.70. The third-order valence-corrected chi connectivity index (χ3v) is 2.74. The lowest BCUT2D eigenvalue weighted by Gasteiger charge is -1.95. The van der Waals surface area contributed by atoms with Crippen LogP contribution in [-0.4, -0.2) is 10.1 Å². The Bertz CT molecular complexity index is 405. The summed E-state index contributed by atoms with van der Waals surface area (Å²) in [5, 5.41) is 12.1. The van der Waals surface area contributed by atoms with Crippen molar-refractivity contribution in [3.63, 3.8) is 0 Å². The molecule has 0 bridgehead atoms. The van der Waals surface area contributed by atoms with Gasteiger partial charge in [-0.3, -0.25) is 0 Å². The Morgan fingerprint density at radius 2 is 1.92 bits per heavy atom. The van der Waals surface area contributed by atoms with Gasteiger partial charge in [0.25, 0.3) is 0 Å². The van der Waals surface area contributed by atoms with E-state index in [0.717, 1.165) is 16.3 Å². The summed E-state index contributed by atoms with van der Waals surface area (Å²) in [6.45, 7) is 1.97. The second-order valence-electron chi connectivity index (χ2n) is 2.84. The number of aryl methyl sites for hydroxylation is 1. The van der Waals surface area contributed by atoms with Crippen LogP contribution in [0.2, 0.25) is 0 Å². The molecule has 0 atom stereocenters. The highest BCUT2D eigenvalue weighted by Gasteiger charge is 2.01. The highest BCUT2D eigenvalue weighted by Crippen LogP contribution is 2.24. The van der Waals surface area contributed by atoms with Crippen molar-refractivity contribution in [1.29, 1.82) is 0 Å². The fraction of sp³-hybridized carbons (Fsp3) is 0.100. The van der Waals surface area contributed by atoms with Gasteiger partial charge in [-0.05, 0) is 31.2 Å². The smallest absolute Gasteiger partial charge is 0.123 e. The second kappa shape index (κ2) is 3.18. The number of hydrogen-bond acceptors (Lipinski definition) is 3. The number of thiazole rings is 1. The van der Waals surface area contributed by atoms with Crippen LogP contribution in [-0.2, 0) is 0 Å². The van der Waals surface area contributed by atoms with E-state index in [1.807, 2.05) is 24.4 Å². The monoisotopic (exact) mass is 191 g/mol. The molecule has 0 saturated heterocycles. The summed E-state index contributed by atoms with van der Waals surface area (Å²) < 4.78 is 0. The lowest BCUT2D eigenvalue weighted by Crippen LogP contribution is -1.75. The van der Waals surface area contributed by atoms with E-state index >= 15 is 0 Å². The topological polar surface area (TPSA) is 33.1 Å². The summed E-state index contributed by atoms with van der Waals surface area (Å²) in [6, 6.07) is 7.08. The van der Waals surface area contributed by atoms with E-state index in [1.165, 1.54) is 0 Å². The Kier molecular flexibility index (Phi) is 2.02. The van der Waals surface area contributed by atoms with Gasteiger partial charge in [0.15, 0.2) is 0 Å². The van der Waals surface area contributed by atoms with Crippen LogP contribution in [0, 0.1) is 6.92 Å². The first-order valence-corrected chi connectivity index (χ1v) is 4.85. The van der Waals surface area contributed by atoms with Gasteiger partial charge in [-0.25, -0.2) is 4.98 Å². The molecule has 1 aromatic carbocycles. The van der Waals surface area contributed by atoms with Crippen LogP contribution in [0.3, 0.4) is 0 Å². The van der Waals surface area contributed by atoms with Crippen LogP contribution in [0.4, 0.5) is 0 Å². The Morgan fingerprint density at radius 1 is 1.23 bits per heavy atom. The third kappa shape index (κ3) is 1.70. The summed E-state index contributed by atoms with van der Waals surface area (Å²) in [5.41, 5.74) is 2.09. The molecule has 2 rings (SSSR count). The Morgan fingerprint density at radius 3 is 2.46 bits per heavy atom. The van der Waals surface area contributed by atoms with Crippen molar-refractivity contribution in [3.05, 3.63) is 35.3 Å². The van der Waals surface area contributed by atoms with E-state index in [9.17, 15) is 0 Å². The molecular weight excluding hydrogens is 182 g/mol. The predicted octanol–water partition coefficient (Wildman–Crippen LogP) is 2.82. The van der Waals surface area contributed by atoms with Crippen molar-refractivity contribution < 1.29 is 5.11 Å². The van der Waals surface area contributed by atoms with E-state index in [4.69, 9.17) is 5.11 Å². The van der Waals surface area contributed by atoms with Crippen LogP contribution in [0.5, 0.6) is 5.75 Å². The van der Waals surface area contributed by atoms with Crippen LogP contribution in [0.25, 0.3) is 10.6 Å². The van der Waals surface area contributed by atoms with Gasteiger partial charge in [0.1, 0.15) is 10.8 Å². The number of rotatable bonds is 1. The summed E-state index contributed by atoms with van der Waals surface area (Å²) in [4.78, 5) is 4.35. The first kappa shape index (κ1) is 8.26. The Labute approximate surface area is 80.5 Å². The molecule has 13 heavy (non-hydrogen) atoms. The molecule has 66 valence electrons. The van der Waals surface area contributed by atoms with Crippen LogP contribution >= 0.6 is 11.3 Å². The molecule has 0 radical (unpaired) electrons. The number of aromatic nitrogens is 1. The average molecular weight is 191 g/mol. The molecule has 0 spiro atoms. The van der Waals surface area contributed by atoms with Crippen molar-refractivity contribution in [2.24, 2.45) is 0 Å². The molecule has 3 heteroatoms. The van der Waals surface area contributed by atoms with E-state index in [-0.39, 0.29) is 5.75 Å². The largest absolute Gasteiger partial charge is 0.508 e. The Balaban J connectivity index is 2.41. The molecule has 1 aromatic heterocycles. The van der Waals surface area contributed by atoms with Crippen LogP contribution in [0.15, 0.2) is 29.6 Å². The molecule has 0 amide bonds. The molecular formula is C10H9NOS. The van der Waals surface area contributed by atoms with Crippen LogP contribution in [0.1, 0.15) is 5.69 Å².